The molecule has 0 aliphatic heterocycles. The number of aromatic nitrogens is 3. The maximum absolute atomic E-state index is 6.24. The zero-order chi connectivity index (χ0) is 14.4. The Morgan fingerprint density at radius 3 is 2.95 bits per heavy atom. The second-order valence-corrected chi connectivity index (χ2v) is 5.13. The highest BCUT2D eigenvalue weighted by atomic mass is 35.5. The zero-order valence-electron chi connectivity index (χ0n) is 11.6. The molecule has 0 aromatic carbocycles. The summed E-state index contributed by atoms with van der Waals surface area (Å²) < 4.78 is 1.93. The van der Waals surface area contributed by atoms with Gasteiger partial charge in [-0.2, -0.15) is 5.10 Å². The number of nitrogens with zero attached hydrogens (tertiary/aromatic N) is 3. The van der Waals surface area contributed by atoms with Crippen molar-refractivity contribution in [2.45, 2.75) is 38.8 Å². The number of nitrogens with one attached hydrogen (secondary N) is 1. The second kappa shape index (κ2) is 7.38. The van der Waals surface area contributed by atoms with Crippen LogP contribution >= 0.6 is 11.6 Å². The van der Waals surface area contributed by atoms with E-state index in [2.05, 4.69) is 28.5 Å². The van der Waals surface area contributed by atoms with Gasteiger partial charge in [-0.3, -0.25) is 20.9 Å². The van der Waals surface area contributed by atoms with Gasteiger partial charge in [0, 0.05) is 18.9 Å². The van der Waals surface area contributed by atoms with Gasteiger partial charge in [0.2, 0.25) is 0 Å². The lowest BCUT2D eigenvalue weighted by Crippen LogP contribution is -2.30. The number of rotatable bonds is 7. The van der Waals surface area contributed by atoms with E-state index in [0.717, 1.165) is 31.5 Å². The molecule has 0 spiro atoms. The highest BCUT2D eigenvalue weighted by Crippen LogP contribution is 2.26. The summed E-state index contributed by atoms with van der Waals surface area (Å²) in [5.74, 6) is 5.70. The molecule has 5 nitrogen and oxygen atoms in total. The summed E-state index contributed by atoms with van der Waals surface area (Å²) in [6.07, 6.45) is 8.06. The summed E-state index contributed by atoms with van der Waals surface area (Å²) in [6, 6.07) is 3.98. The van der Waals surface area contributed by atoms with Crippen molar-refractivity contribution in [3.05, 3.63) is 47.0 Å². The Bertz CT molecular complexity index is 526. The summed E-state index contributed by atoms with van der Waals surface area (Å²) in [4.78, 5) is 4.12. The average Bonchev–Trinajstić information content (AvgIpc) is 2.83. The number of pyridine rings is 1. The van der Waals surface area contributed by atoms with E-state index >= 15 is 0 Å². The standard InChI is InChI=1S/C14H20ClN5/c1-2-8-20-14(12(15)10-18-20)13(19-16)6-5-11-4-3-7-17-9-11/h3-4,7,9-10,13,19H,2,5-6,8,16H2,1H3. The maximum Gasteiger partial charge on any atom is 0.0834 e. The fourth-order valence-corrected chi connectivity index (χ4v) is 2.54. The molecule has 0 fully saturated rings. The van der Waals surface area contributed by atoms with Crippen LogP contribution in [0.2, 0.25) is 5.02 Å². The van der Waals surface area contributed by atoms with Gasteiger partial charge in [-0.05, 0) is 30.9 Å². The van der Waals surface area contributed by atoms with Crippen molar-refractivity contribution in [2.75, 3.05) is 0 Å². The zero-order valence-corrected chi connectivity index (χ0v) is 12.3. The minimum Gasteiger partial charge on any atom is -0.271 e. The summed E-state index contributed by atoms with van der Waals surface area (Å²) in [6.45, 7) is 2.95. The van der Waals surface area contributed by atoms with Crippen LogP contribution in [0.3, 0.4) is 0 Å². The van der Waals surface area contributed by atoms with Crippen LogP contribution in [0.1, 0.15) is 37.1 Å². The molecule has 1 unspecified atom stereocenters. The highest BCUT2D eigenvalue weighted by molar-refractivity contribution is 6.31. The van der Waals surface area contributed by atoms with Crippen LogP contribution in [0.5, 0.6) is 0 Å². The highest BCUT2D eigenvalue weighted by Gasteiger charge is 2.19. The van der Waals surface area contributed by atoms with Crippen molar-refractivity contribution in [3.8, 4) is 0 Å². The summed E-state index contributed by atoms with van der Waals surface area (Å²) in [5, 5.41) is 4.97. The molecule has 2 heterocycles. The van der Waals surface area contributed by atoms with Crippen LogP contribution < -0.4 is 11.3 Å². The smallest absolute Gasteiger partial charge is 0.0834 e. The molecule has 3 N–H and O–H groups in total. The van der Waals surface area contributed by atoms with Gasteiger partial charge in [-0.1, -0.05) is 24.6 Å². The molecule has 0 bridgehead atoms. The van der Waals surface area contributed by atoms with E-state index in [9.17, 15) is 0 Å². The topological polar surface area (TPSA) is 68.8 Å². The number of hydrazine groups is 1. The van der Waals surface area contributed by atoms with Gasteiger partial charge >= 0.3 is 0 Å². The normalized spacial score (nSPS) is 12.6. The number of hydrogen-bond donors (Lipinski definition) is 2. The molecule has 2 aromatic heterocycles. The Morgan fingerprint density at radius 1 is 1.45 bits per heavy atom. The van der Waals surface area contributed by atoms with Gasteiger partial charge in [0.05, 0.1) is 23.0 Å². The third kappa shape index (κ3) is 3.56. The molecular weight excluding hydrogens is 274 g/mol. The van der Waals surface area contributed by atoms with Gasteiger partial charge < -0.3 is 0 Å². The number of nitrogens with two attached hydrogens (primary N) is 1. The van der Waals surface area contributed by atoms with E-state index in [4.69, 9.17) is 17.4 Å². The van der Waals surface area contributed by atoms with Crippen molar-refractivity contribution in [2.24, 2.45) is 5.84 Å². The summed E-state index contributed by atoms with van der Waals surface area (Å²) >= 11 is 6.24. The van der Waals surface area contributed by atoms with Gasteiger partial charge in [-0.25, -0.2) is 0 Å². The Kier molecular flexibility index (Phi) is 5.52. The lowest BCUT2D eigenvalue weighted by Gasteiger charge is -2.18. The first-order valence-electron chi connectivity index (χ1n) is 6.82. The minimum atomic E-state index is -0.0169. The first-order chi connectivity index (χ1) is 9.76. The van der Waals surface area contributed by atoms with Gasteiger partial charge in [0.25, 0.3) is 0 Å². The lowest BCUT2D eigenvalue weighted by molar-refractivity contribution is 0.457. The SMILES string of the molecule is CCCn1ncc(Cl)c1C(CCc1cccnc1)NN. The van der Waals surface area contributed by atoms with Crippen molar-refractivity contribution in [3.63, 3.8) is 0 Å². The van der Waals surface area contributed by atoms with Crippen LogP contribution in [0.15, 0.2) is 30.7 Å². The van der Waals surface area contributed by atoms with E-state index < -0.39 is 0 Å². The molecule has 0 saturated heterocycles. The Balaban J connectivity index is 2.10. The molecule has 2 aromatic rings. The van der Waals surface area contributed by atoms with E-state index in [0.29, 0.717) is 5.02 Å². The molecule has 0 amide bonds. The quantitative estimate of drug-likeness (QED) is 0.608. The first-order valence-corrected chi connectivity index (χ1v) is 7.20. The fourth-order valence-electron chi connectivity index (χ4n) is 2.26. The average molecular weight is 294 g/mol. The second-order valence-electron chi connectivity index (χ2n) is 4.72. The third-order valence-corrected chi connectivity index (χ3v) is 3.54. The van der Waals surface area contributed by atoms with Crippen LogP contribution in [-0.2, 0) is 13.0 Å². The Morgan fingerprint density at radius 2 is 2.30 bits per heavy atom. The molecule has 0 aliphatic carbocycles. The van der Waals surface area contributed by atoms with Crippen LogP contribution in [0.25, 0.3) is 0 Å². The lowest BCUT2D eigenvalue weighted by atomic mass is 10.0. The van der Waals surface area contributed by atoms with E-state index in [1.54, 1.807) is 12.4 Å². The molecular formula is C14H20ClN5. The largest absolute Gasteiger partial charge is 0.271 e. The minimum absolute atomic E-state index is 0.0169. The maximum atomic E-state index is 6.24. The van der Waals surface area contributed by atoms with Gasteiger partial charge in [0.1, 0.15) is 0 Å². The molecule has 6 heteroatoms. The van der Waals surface area contributed by atoms with Crippen molar-refractivity contribution in [1.29, 1.82) is 0 Å². The third-order valence-electron chi connectivity index (χ3n) is 3.24. The van der Waals surface area contributed by atoms with Gasteiger partial charge in [0.15, 0.2) is 0 Å². The first kappa shape index (κ1) is 15.0. The van der Waals surface area contributed by atoms with Crippen molar-refractivity contribution >= 4 is 11.6 Å². The Labute approximate surface area is 124 Å². The molecule has 20 heavy (non-hydrogen) atoms. The molecule has 2 rings (SSSR count). The Hall–Kier alpha value is -1.43. The van der Waals surface area contributed by atoms with Crippen LogP contribution in [0, 0.1) is 0 Å². The van der Waals surface area contributed by atoms with Crippen LogP contribution in [-0.4, -0.2) is 14.8 Å². The molecule has 1 atom stereocenters. The summed E-state index contributed by atoms with van der Waals surface area (Å²) in [5.41, 5.74) is 4.99. The molecule has 108 valence electrons. The van der Waals surface area contributed by atoms with Crippen LogP contribution in [0.4, 0.5) is 0 Å². The van der Waals surface area contributed by atoms with E-state index in [-0.39, 0.29) is 6.04 Å². The number of aryl methyl sites for hydroxylation is 2. The van der Waals surface area contributed by atoms with Crippen molar-refractivity contribution < 1.29 is 0 Å². The van der Waals surface area contributed by atoms with Crippen molar-refractivity contribution in [1.82, 2.24) is 20.2 Å². The predicted molar refractivity (Wildman–Crippen MR) is 80.2 cm³/mol. The fraction of sp³-hybridized carbons (Fsp3) is 0.429. The number of halogens is 1. The number of hydrogen-bond acceptors (Lipinski definition) is 4. The van der Waals surface area contributed by atoms with E-state index in [1.807, 2.05) is 16.9 Å². The molecule has 0 aliphatic rings. The van der Waals surface area contributed by atoms with Gasteiger partial charge in [-0.15, -0.1) is 0 Å². The monoisotopic (exact) mass is 293 g/mol. The molecule has 0 saturated carbocycles. The van der Waals surface area contributed by atoms with E-state index in [1.165, 1.54) is 5.56 Å². The predicted octanol–water partition coefficient (Wildman–Crippen LogP) is 2.48. The summed E-state index contributed by atoms with van der Waals surface area (Å²) in [7, 11) is 0. The molecule has 0 radical (unpaired) electrons.